The third kappa shape index (κ3) is 4.47. The van der Waals surface area contributed by atoms with Gasteiger partial charge in [-0.3, -0.25) is 4.90 Å². The Balaban J connectivity index is 1.61. The van der Waals surface area contributed by atoms with E-state index in [0.717, 1.165) is 30.2 Å². The standard InChI is InChI=1S/C17H20ClN3O2S/c18-14-3-1-2-4-15(14)20-17(22)19-11-16(13-5-8-23-12-13)21-6-9-24-10-7-21/h1-5,8,12,16H,6-7,9-11H2,(H2,19,20,22)/t16-/m1/s1. The van der Waals surface area contributed by atoms with Crippen molar-refractivity contribution in [3.63, 3.8) is 0 Å². The molecule has 24 heavy (non-hydrogen) atoms. The average Bonchev–Trinajstić information content (AvgIpc) is 3.12. The number of thioether (sulfide) groups is 1. The van der Waals surface area contributed by atoms with Gasteiger partial charge in [0.05, 0.1) is 29.3 Å². The summed E-state index contributed by atoms with van der Waals surface area (Å²) in [6.45, 7) is 2.53. The van der Waals surface area contributed by atoms with Crippen molar-refractivity contribution in [2.45, 2.75) is 6.04 Å². The van der Waals surface area contributed by atoms with E-state index in [2.05, 4.69) is 15.5 Å². The van der Waals surface area contributed by atoms with Gasteiger partial charge in [-0.25, -0.2) is 4.79 Å². The number of anilines is 1. The molecule has 7 heteroatoms. The Morgan fingerprint density at radius 2 is 2.08 bits per heavy atom. The van der Waals surface area contributed by atoms with Crippen LogP contribution >= 0.6 is 23.4 Å². The van der Waals surface area contributed by atoms with Gasteiger partial charge in [-0.05, 0) is 18.2 Å². The summed E-state index contributed by atoms with van der Waals surface area (Å²) in [7, 11) is 0. The third-order valence-corrected chi connectivity index (χ3v) is 5.26. The van der Waals surface area contributed by atoms with E-state index >= 15 is 0 Å². The molecule has 5 nitrogen and oxygen atoms in total. The summed E-state index contributed by atoms with van der Waals surface area (Å²) >= 11 is 8.03. The van der Waals surface area contributed by atoms with Crippen LogP contribution in [0.25, 0.3) is 0 Å². The fraction of sp³-hybridized carbons (Fsp3) is 0.353. The van der Waals surface area contributed by atoms with E-state index in [1.807, 2.05) is 30.0 Å². The Morgan fingerprint density at radius 1 is 1.29 bits per heavy atom. The number of hydrogen-bond acceptors (Lipinski definition) is 4. The van der Waals surface area contributed by atoms with Crippen molar-refractivity contribution in [1.82, 2.24) is 10.2 Å². The summed E-state index contributed by atoms with van der Waals surface area (Å²) in [5.41, 5.74) is 1.69. The lowest BCUT2D eigenvalue weighted by Gasteiger charge is -2.33. The van der Waals surface area contributed by atoms with Crippen LogP contribution in [0.2, 0.25) is 5.02 Å². The van der Waals surface area contributed by atoms with Crippen LogP contribution < -0.4 is 10.6 Å². The number of halogens is 1. The zero-order valence-electron chi connectivity index (χ0n) is 13.2. The fourth-order valence-electron chi connectivity index (χ4n) is 2.73. The first-order chi connectivity index (χ1) is 11.7. The number of amides is 2. The van der Waals surface area contributed by atoms with E-state index in [1.54, 1.807) is 24.7 Å². The lowest BCUT2D eigenvalue weighted by Crippen LogP contribution is -2.42. The third-order valence-electron chi connectivity index (χ3n) is 3.99. The topological polar surface area (TPSA) is 57.5 Å². The molecule has 1 saturated heterocycles. The summed E-state index contributed by atoms with van der Waals surface area (Å²) < 4.78 is 5.23. The number of carbonyl (C=O) groups is 1. The first-order valence-electron chi connectivity index (χ1n) is 7.87. The van der Waals surface area contributed by atoms with Crippen molar-refractivity contribution in [3.05, 3.63) is 53.4 Å². The van der Waals surface area contributed by atoms with Gasteiger partial charge in [0, 0.05) is 36.7 Å². The molecular formula is C17H20ClN3O2S. The number of carbonyl (C=O) groups excluding carboxylic acids is 1. The van der Waals surface area contributed by atoms with Crippen molar-refractivity contribution < 1.29 is 9.21 Å². The molecule has 2 heterocycles. The highest BCUT2D eigenvalue weighted by Crippen LogP contribution is 2.24. The largest absolute Gasteiger partial charge is 0.472 e. The van der Waals surface area contributed by atoms with Gasteiger partial charge in [0.1, 0.15) is 0 Å². The second kappa shape index (κ2) is 8.46. The molecule has 2 amide bonds. The zero-order chi connectivity index (χ0) is 16.8. The molecular weight excluding hydrogens is 346 g/mol. The number of nitrogens with zero attached hydrogens (tertiary/aromatic N) is 1. The molecule has 1 atom stereocenters. The molecule has 128 valence electrons. The Labute approximate surface area is 150 Å². The molecule has 3 rings (SSSR count). The van der Waals surface area contributed by atoms with Crippen LogP contribution in [0.5, 0.6) is 0 Å². The maximum atomic E-state index is 12.2. The molecule has 0 spiro atoms. The average molecular weight is 366 g/mol. The minimum absolute atomic E-state index is 0.113. The van der Waals surface area contributed by atoms with E-state index in [9.17, 15) is 4.79 Å². The van der Waals surface area contributed by atoms with Gasteiger partial charge in [-0.15, -0.1) is 0 Å². The Morgan fingerprint density at radius 3 is 2.79 bits per heavy atom. The molecule has 1 aliphatic heterocycles. The van der Waals surface area contributed by atoms with Crippen LogP contribution in [-0.4, -0.2) is 42.1 Å². The van der Waals surface area contributed by atoms with Crippen molar-refractivity contribution in [2.24, 2.45) is 0 Å². The van der Waals surface area contributed by atoms with Crippen LogP contribution in [0, 0.1) is 0 Å². The van der Waals surface area contributed by atoms with Gasteiger partial charge in [0.15, 0.2) is 0 Å². The van der Waals surface area contributed by atoms with Gasteiger partial charge >= 0.3 is 6.03 Å². The van der Waals surface area contributed by atoms with E-state index in [-0.39, 0.29) is 12.1 Å². The summed E-state index contributed by atoms with van der Waals surface area (Å²) in [6, 6.07) is 8.99. The number of furan rings is 1. The van der Waals surface area contributed by atoms with Crippen molar-refractivity contribution >= 4 is 35.1 Å². The molecule has 1 aromatic heterocycles. The first-order valence-corrected chi connectivity index (χ1v) is 9.40. The molecule has 0 unspecified atom stereocenters. The number of urea groups is 1. The maximum absolute atomic E-state index is 12.2. The monoisotopic (exact) mass is 365 g/mol. The molecule has 2 aromatic rings. The minimum atomic E-state index is -0.261. The lowest BCUT2D eigenvalue weighted by molar-refractivity contribution is 0.208. The molecule has 1 aliphatic rings. The molecule has 1 aromatic carbocycles. The second-order valence-electron chi connectivity index (χ2n) is 5.54. The number of hydrogen-bond donors (Lipinski definition) is 2. The first kappa shape index (κ1) is 17.2. The van der Waals surface area contributed by atoms with Gasteiger partial charge < -0.3 is 15.1 Å². The van der Waals surface area contributed by atoms with E-state index in [4.69, 9.17) is 16.0 Å². The molecule has 0 radical (unpaired) electrons. The van der Waals surface area contributed by atoms with Crippen LogP contribution in [0.4, 0.5) is 10.5 Å². The maximum Gasteiger partial charge on any atom is 0.319 e. The highest BCUT2D eigenvalue weighted by atomic mass is 35.5. The van der Waals surface area contributed by atoms with Gasteiger partial charge in [0.2, 0.25) is 0 Å². The van der Waals surface area contributed by atoms with Crippen LogP contribution in [-0.2, 0) is 0 Å². The quantitative estimate of drug-likeness (QED) is 0.845. The highest BCUT2D eigenvalue weighted by Gasteiger charge is 2.23. The predicted molar refractivity (Wildman–Crippen MR) is 98.8 cm³/mol. The van der Waals surface area contributed by atoms with Gasteiger partial charge in [0.25, 0.3) is 0 Å². The van der Waals surface area contributed by atoms with Crippen molar-refractivity contribution in [2.75, 3.05) is 36.5 Å². The van der Waals surface area contributed by atoms with Crippen LogP contribution in [0.3, 0.4) is 0 Å². The van der Waals surface area contributed by atoms with E-state index < -0.39 is 0 Å². The van der Waals surface area contributed by atoms with Crippen LogP contribution in [0.1, 0.15) is 11.6 Å². The normalized spacial score (nSPS) is 16.5. The molecule has 2 N–H and O–H groups in total. The number of rotatable bonds is 5. The zero-order valence-corrected chi connectivity index (χ0v) is 14.8. The summed E-state index contributed by atoms with van der Waals surface area (Å²) in [5, 5.41) is 6.25. The van der Waals surface area contributed by atoms with Gasteiger partial charge in [-0.2, -0.15) is 11.8 Å². The van der Waals surface area contributed by atoms with Crippen LogP contribution in [0.15, 0.2) is 47.3 Å². The number of benzene rings is 1. The molecule has 0 bridgehead atoms. The number of para-hydroxylation sites is 1. The summed E-state index contributed by atoms with van der Waals surface area (Å²) in [5.74, 6) is 2.22. The highest BCUT2D eigenvalue weighted by molar-refractivity contribution is 7.99. The lowest BCUT2D eigenvalue weighted by atomic mass is 10.1. The van der Waals surface area contributed by atoms with Crippen molar-refractivity contribution in [3.8, 4) is 0 Å². The summed E-state index contributed by atoms with van der Waals surface area (Å²) in [6.07, 6.45) is 3.42. The smallest absolute Gasteiger partial charge is 0.319 e. The molecule has 0 saturated carbocycles. The molecule has 0 aliphatic carbocycles. The van der Waals surface area contributed by atoms with E-state index in [1.165, 1.54) is 0 Å². The Hall–Kier alpha value is -1.63. The Kier molecular flexibility index (Phi) is 6.07. The minimum Gasteiger partial charge on any atom is -0.472 e. The Bertz CT molecular complexity index is 660. The second-order valence-corrected chi connectivity index (χ2v) is 7.17. The van der Waals surface area contributed by atoms with Gasteiger partial charge in [-0.1, -0.05) is 23.7 Å². The number of nitrogens with one attached hydrogen (secondary N) is 2. The predicted octanol–water partition coefficient (Wildman–Crippen LogP) is 3.84. The summed E-state index contributed by atoms with van der Waals surface area (Å²) in [4.78, 5) is 14.6. The SMILES string of the molecule is O=C(NC[C@H](c1ccoc1)N1CCSCC1)Nc1ccccc1Cl. The van der Waals surface area contributed by atoms with E-state index in [0.29, 0.717) is 17.3 Å². The fourth-order valence-corrected chi connectivity index (χ4v) is 3.84. The molecule has 1 fully saturated rings. The van der Waals surface area contributed by atoms with Crippen molar-refractivity contribution in [1.29, 1.82) is 0 Å².